The number of carbonyl (C=O) groups is 1. The predicted molar refractivity (Wildman–Crippen MR) is 97.9 cm³/mol. The van der Waals surface area contributed by atoms with Crippen molar-refractivity contribution in [2.45, 2.75) is 25.1 Å². The zero-order valence-corrected chi connectivity index (χ0v) is 15.6. The largest absolute Gasteiger partial charge is 0.497 e. The summed E-state index contributed by atoms with van der Waals surface area (Å²) < 4.78 is 43.4. The number of amides is 1. The number of hydrogen-bond acceptors (Lipinski definition) is 4. The lowest BCUT2D eigenvalue weighted by atomic mass is 9.91. The Hall–Kier alpha value is -2.61. The van der Waals surface area contributed by atoms with E-state index in [0.717, 1.165) is 17.8 Å². The summed E-state index contributed by atoms with van der Waals surface area (Å²) in [5.41, 5.74) is 0.588. The third-order valence-corrected chi connectivity index (χ3v) is 5.00. The molecule has 28 heavy (non-hydrogen) atoms. The van der Waals surface area contributed by atoms with Crippen molar-refractivity contribution in [1.82, 2.24) is 15.6 Å². The molecule has 5 nitrogen and oxygen atoms in total. The first kappa shape index (κ1) is 20.1. The van der Waals surface area contributed by atoms with Gasteiger partial charge in [0.2, 0.25) is 5.91 Å². The number of hydrogen-bond donors (Lipinski definition) is 2. The van der Waals surface area contributed by atoms with Crippen molar-refractivity contribution in [2.24, 2.45) is 5.92 Å². The van der Waals surface area contributed by atoms with E-state index in [1.165, 1.54) is 6.07 Å². The Morgan fingerprint density at radius 1 is 1.29 bits per heavy atom. The van der Waals surface area contributed by atoms with Crippen LogP contribution in [0, 0.1) is 5.92 Å². The highest BCUT2D eigenvalue weighted by Gasteiger charge is 2.36. The van der Waals surface area contributed by atoms with Gasteiger partial charge in [-0.25, -0.2) is 0 Å². The number of methoxy groups -OCH3 is 1. The third-order valence-electron chi connectivity index (χ3n) is 5.00. The molecule has 3 rings (SSSR count). The smallest absolute Gasteiger partial charge is 0.417 e. The van der Waals surface area contributed by atoms with Gasteiger partial charge in [0.15, 0.2) is 0 Å². The minimum absolute atomic E-state index is 0.160. The highest BCUT2D eigenvalue weighted by Crippen LogP contribution is 2.32. The molecule has 8 heteroatoms. The SMILES string of the molecule is COc1cccc(C(C)NC(=O)C2CNCC2c2ccc(C(F)(F)F)cn2)c1. The molecule has 3 atom stereocenters. The Balaban J connectivity index is 1.70. The molecule has 1 saturated heterocycles. The molecule has 2 aromatic rings. The van der Waals surface area contributed by atoms with Crippen molar-refractivity contribution in [3.05, 3.63) is 59.4 Å². The molecule has 1 fully saturated rings. The average molecular weight is 393 g/mol. The highest BCUT2D eigenvalue weighted by atomic mass is 19.4. The van der Waals surface area contributed by atoms with Crippen LogP contribution in [0.4, 0.5) is 13.2 Å². The molecular formula is C20H22F3N3O2. The van der Waals surface area contributed by atoms with Crippen LogP contribution >= 0.6 is 0 Å². The number of benzene rings is 1. The lowest BCUT2D eigenvalue weighted by Crippen LogP contribution is -2.36. The standard InChI is InChI=1S/C20H22F3N3O2/c1-12(13-4-3-5-15(8-13)28-2)26-19(27)17-11-24-10-16(17)18-7-6-14(9-25-18)20(21,22)23/h3-9,12,16-17,24H,10-11H2,1-2H3,(H,26,27). The molecule has 1 aromatic heterocycles. The van der Waals surface area contributed by atoms with Crippen LogP contribution in [0.15, 0.2) is 42.6 Å². The van der Waals surface area contributed by atoms with Crippen molar-refractivity contribution < 1.29 is 22.7 Å². The molecule has 1 aliphatic rings. The van der Waals surface area contributed by atoms with E-state index in [4.69, 9.17) is 4.74 Å². The average Bonchev–Trinajstić information content (AvgIpc) is 3.17. The van der Waals surface area contributed by atoms with E-state index in [0.29, 0.717) is 24.5 Å². The molecule has 1 aliphatic heterocycles. The second-order valence-electron chi connectivity index (χ2n) is 6.85. The predicted octanol–water partition coefficient (Wildman–Crippen LogP) is 3.29. The molecule has 0 aliphatic carbocycles. The van der Waals surface area contributed by atoms with Crippen LogP contribution in [0.2, 0.25) is 0 Å². The van der Waals surface area contributed by atoms with Gasteiger partial charge < -0.3 is 15.4 Å². The molecular weight excluding hydrogens is 371 g/mol. The zero-order valence-electron chi connectivity index (χ0n) is 15.6. The van der Waals surface area contributed by atoms with Crippen LogP contribution < -0.4 is 15.4 Å². The molecule has 150 valence electrons. The summed E-state index contributed by atoms with van der Waals surface area (Å²) >= 11 is 0. The fraction of sp³-hybridized carbons (Fsp3) is 0.400. The number of aromatic nitrogens is 1. The van der Waals surface area contributed by atoms with Crippen LogP contribution in [0.5, 0.6) is 5.75 Å². The van der Waals surface area contributed by atoms with Gasteiger partial charge in [-0.3, -0.25) is 9.78 Å². The topological polar surface area (TPSA) is 63.2 Å². The molecule has 0 bridgehead atoms. The molecule has 0 radical (unpaired) electrons. The zero-order chi connectivity index (χ0) is 20.3. The van der Waals surface area contributed by atoms with Crippen LogP contribution in [-0.2, 0) is 11.0 Å². The van der Waals surface area contributed by atoms with Crippen molar-refractivity contribution in [1.29, 1.82) is 0 Å². The molecule has 1 aromatic carbocycles. The van der Waals surface area contributed by atoms with Crippen LogP contribution in [0.3, 0.4) is 0 Å². The van der Waals surface area contributed by atoms with Gasteiger partial charge >= 0.3 is 6.18 Å². The number of rotatable bonds is 5. The van der Waals surface area contributed by atoms with E-state index in [9.17, 15) is 18.0 Å². The van der Waals surface area contributed by atoms with Gasteiger partial charge in [0.1, 0.15) is 5.75 Å². The number of nitrogens with one attached hydrogen (secondary N) is 2. The number of halogens is 3. The summed E-state index contributed by atoms with van der Waals surface area (Å²) in [5.74, 6) is -0.142. The Morgan fingerprint density at radius 3 is 2.71 bits per heavy atom. The molecule has 1 amide bonds. The monoisotopic (exact) mass is 393 g/mol. The number of nitrogens with zero attached hydrogens (tertiary/aromatic N) is 1. The van der Waals surface area contributed by atoms with Gasteiger partial charge in [-0.05, 0) is 36.8 Å². The van der Waals surface area contributed by atoms with Crippen molar-refractivity contribution in [3.63, 3.8) is 0 Å². The maximum atomic E-state index is 12.8. The second-order valence-corrected chi connectivity index (χ2v) is 6.85. The summed E-state index contributed by atoms with van der Waals surface area (Å²) in [5, 5.41) is 6.12. The normalized spacial score (nSPS) is 20.6. The molecule has 3 unspecified atom stereocenters. The van der Waals surface area contributed by atoms with Gasteiger partial charge in [-0.2, -0.15) is 13.2 Å². The fourth-order valence-corrected chi connectivity index (χ4v) is 3.37. The maximum Gasteiger partial charge on any atom is 0.417 e. The van der Waals surface area contributed by atoms with Crippen molar-refractivity contribution in [2.75, 3.05) is 20.2 Å². The van der Waals surface area contributed by atoms with Gasteiger partial charge in [0.25, 0.3) is 0 Å². The van der Waals surface area contributed by atoms with E-state index in [1.807, 2.05) is 31.2 Å². The Kier molecular flexibility index (Phi) is 5.88. The summed E-state index contributed by atoms with van der Waals surface area (Å²) in [6.45, 7) is 2.81. The fourth-order valence-electron chi connectivity index (χ4n) is 3.37. The van der Waals surface area contributed by atoms with Gasteiger partial charge in [-0.15, -0.1) is 0 Å². The first-order valence-electron chi connectivity index (χ1n) is 8.97. The number of pyridine rings is 1. The Morgan fingerprint density at radius 2 is 2.07 bits per heavy atom. The Bertz CT molecular complexity index is 824. The van der Waals surface area contributed by atoms with Crippen LogP contribution in [0.25, 0.3) is 0 Å². The summed E-state index contributed by atoms with van der Waals surface area (Å²) in [6.07, 6.45) is -3.61. The first-order valence-corrected chi connectivity index (χ1v) is 8.97. The second kappa shape index (κ2) is 8.18. The van der Waals surface area contributed by atoms with Crippen molar-refractivity contribution >= 4 is 5.91 Å². The van der Waals surface area contributed by atoms with E-state index < -0.39 is 17.7 Å². The maximum absolute atomic E-state index is 12.8. The van der Waals surface area contributed by atoms with E-state index in [1.54, 1.807) is 7.11 Å². The quantitative estimate of drug-likeness (QED) is 0.818. The van der Waals surface area contributed by atoms with Crippen LogP contribution in [0.1, 0.15) is 35.7 Å². The highest BCUT2D eigenvalue weighted by molar-refractivity contribution is 5.80. The van der Waals surface area contributed by atoms with E-state index in [-0.39, 0.29) is 17.9 Å². The first-order chi connectivity index (χ1) is 13.3. The number of ether oxygens (including phenoxy) is 1. The third kappa shape index (κ3) is 4.44. The minimum atomic E-state index is -4.43. The van der Waals surface area contributed by atoms with Crippen LogP contribution in [-0.4, -0.2) is 31.1 Å². The Labute approximate surface area is 161 Å². The lowest BCUT2D eigenvalue weighted by Gasteiger charge is -2.21. The molecule has 2 N–H and O–H groups in total. The van der Waals surface area contributed by atoms with Crippen molar-refractivity contribution in [3.8, 4) is 5.75 Å². The molecule has 0 spiro atoms. The van der Waals surface area contributed by atoms with Gasteiger partial charge in [-0.1, -0.05) is 12.1 Å². The summed E-state index contributed by atoms with van der Waals surface area (Å²) in [6, 6.07) is 9.56. The molecule has 0 saturated carbocycles. The van der Waals surface area contributed by atoms with E-state index in [2.05, 4.69) is 15.6 Å². The number of carbonyl (C=O) groups excluding carboxylic acids is 1. The minimum Gasteiger partial charge on any atom is -0.497 e. The van der Waals surface area contributed by atoms with Gasteiger partial charge in [0, 0.05) is 30.9 Å². The summed E-state index contributed by atoms with van der Waals surface area (Å²) in [4.78, 5) is 16.8. The van der Waals surface area contributed by atoms with E-state index >= 15 is 0 Å². The molecule has 2 heterocycles. The van der Waals surface area contributed by atoms with Gasteiger partial charge in [0.05, 0.1) is 24.6 Å². The summed E-state index contributed by atoms with van der Waals surface area (Å²) in [7, 11) is 1.58. The number of alkyl halides is 3. The lowest BCUT2D eigenvalue weighted by molar-refractivity contribution is -0.137.